The fourth-order valence-electron chi connectivity index (χ4n) is 3.49. The van der Waals surface area contributed by atoms with Crippen molar-refractivity contribution in [2.75, 3.05) is 10.6 Å². The maximum absolute atomic E-state index is 12.9. The second-order valence-electron chi connectivity index (χ2n) is 7.68. The van der Waals surface area contributed by atoms with E-state index in [1.54, 1.807) is 60.7 Å². The van der Waals surface area contributed by atoms with Crippen molar-refractivity contribution in [2.24, 2.45) is 0 Å². The maximum atomic E-state index is 12.9. The highest BCUT2D eigenvalue weighted by molar-refractivity contribution is 6.33. The average Bonchev–Trinajstić information content (AvgIpc) is 3.40. The van der Waals surface area contributed by atoms with Crippen molar-refractivity contribution >= 4 is 40.7 Å². The molecule has 1 aromatic heterocycles. The Labute approximate surface area is 207 Å². The molecule has 0 aliphatic heterocycles. The van der Waals surface area contributed by atoms with Crippen LogP contribution in [0.4, 0.5) is 11.4 Å². The number of halogens is 1. The van der Waals surface area contributed by atoms with Crippen LogP contribution in [0.2, 0.25) is 5.02 Å². The molecule has 3 N–H and O–H groups in total. The largest absolute Gasteiger partial charge is 0.459 e. The van der Waals surface area contributed by atoms with Gasteiger partial charge in [0.25, 0.3) is 11.8 Å². The Morgan fingerprint density at radius 2 is 1.49 bits per heavy atom. The predicted molar refractivity (Wildman–Crippen MR) is 134 cm³/mol. The SMILES string of the molecule is O=C(CC(NC(=O)c1ccccc1Cl)c1ccccc1)Nc1cccc(NC(=O)c2ccco2)c1. The molecule has 35 heavy (non-hydrogen) atoms. The predicted octanol–water partition coefficient (Wildman–Crippen LogP) is 5.69. The molecule has 176 valence electrons. The highest BCUT2D eigenvalue weighted by Gasteiger charge is 2.20. The minimum absolute atomic E-state index is 0.0107. The van der Waals surface area contributed by atoms with Crippen molar-refractivity contribution in [3.63, 3.8) is 0 Å². The van der Waals surface area contributed by atoms with Crippen LogP contribution in [0.1, 0.15) is 38.9 Å². The fraction of sp³-hybridized carbons (Fsp3) is 0.0741. The van der Waals surface area contributed by atoms with Gasteiger partial charge in [0, 0.05) is 11.4 Å². The summed E-state index contributed by atoms with van der Waals surface area (Å²) in [5, 5.41) is 8.78. The van der Waals surface area contributed by atoms with E-state index in [2.05, 4.69) is 16.0 Å². The van der Waals surface area contributed by atoms with Crippen LogP contribution in [0.3, 0.4) is 0 Å². The van der Waals surface area contributed by atoms with Gasteiger partial charge in [-0.15, -0.1) is 0 Å². The van der Waals surface area contributed by atoms with Gasteiger partial charge in [0.15, 0.2) is 5.76 Å². The van der Waals surface area contributed by atoms with Gasteiger partial charge in [-0.3, -0.25) is 14.4 Å². The van der Waals surface area contributed by atoms with E-state index in [0.717, 1.165) is 5.56 Å². The first-order valence-corrected chi connectivity index (χ1v) is 11.2. The van der Waals surface area contributed by atoms with Gasteiger partial charge >= 0.3 is 0 Å². The van der Waals surface area contributed by atoms with Crippen LogP contribution in [0.15, 0.2) is 102 Å². The highest BCUT2D eigenvalue weighted by Crippen LogP contribution is 2.22. The summed E-state index contributed by atoms with van der Waals surface area (Å²) in [6, 6.07) is 25.3. The van der Waals surface area contributed by atoms with Crippen molar-refractivity contribution in [1.82, 2.24) is 5.32 Å². The fourth-order valence-corrected chi connectivity index (χ4v) is 3.71. The van der Waals surface area contributed by atoms with E-state index >= 15 is 0 Å². The Balaban J connectivity index is 1.45. The number of nitrogens with one attached hydrogen (secondary N) is 3. The number of hydrogen-bond acceptors (Lipinski definition) is 4. The highest BCUT2D eigenvalue weighted by atomic mass is 35.5. The average molecular weight is 488 g/mol. The molecule has 0 aliphatic rings. The van der Waals surface area contributed by atoms with Crippen LogP contribution in [-0.2, 0) is 4.79 Å². The molecule has 0 fully saturated rings. The van der Waals surface area contributed by atoms with Crippen LogP contribution in [0, 0.1) is 0 Å². The molecule has 4 aromatic rings. The van der Waals surface area contributed by atoms with Crippen LogP contribution < -0.4 is 16.0 Å². The standard InChI is InChI=1S/C27H22ClN3O4/c28-22-13-5-4-12-21(22)26(33)31-23(18-8-2-1-3-9-18)17-25(32)29-19-10-6-11-20(16-19)30-27(34)24-14-7-15-35-24/h1-16,23H,17H2,(H,29,32)(H,30,34)(H,31,33). The minimum Gasteiger partial charge on any atom is -0.459 e. The monoisotopic (exact) mass is 487 g/mol. The third-order valence-corrected chi connectivity index (χ3v) is 5.49. The summed E-state index contributed by atoms with van der Waals surface area (Å²) in [6.07, 6.45) is 1.41. The Morgan fingerprint density at radius 1 is 0.771 bits per heavy atom. The molecule has 0 saturated heterocycles. The second-order valence-corrected chi connectivity index (χ2v) is 8.09. The molecule has 4 rings (SSSR count). The van der Waals surface area contributed by atoms with Gasteiger partial charge in [-0.05, 0) is 48.0 Å². The Hall–Kier alpha value is -4.36. The van der Waals surface area contributed by atoms with E-state index in [1.807, 2.05) is 30.3 Å². The molecular weight excluding hydrogens is 466 g/mol. The first-order valence-electron chi connectivity index (χ1n) is 10.8. The van der Waals surface area contributed by atoms with Crippen molar-refractivity contribution in [3.05, 3.63) is 119 Å². The Kier molecular flexibility index (Phi) is 7.60. The van der Waals surface area contributed by atoms with Gasteiger partial charge in [-0.1, -0.05) is 60.1 Å². The number of anilines is 2. The first-order chi connectivity index (χ1) is 17.0. The summed E-state index contributed by atoms with van der Waals surface area (Å²) in [5.41, 5.74) is 2.10. The van der Waals surface area contributed by atoms with E-state index in [0.29, 0.717) is 22.0 Å². The molecule has 3 aromatic carbocycles. The van der Waals surface area contributed by atoms with Crippen molar-refractivity contribution < 1.29 is 18.8 Å². The van der Waals surface area contributed by atoms with E-state index in [9.17, 15) is 14.4 Å². The zero-order valence-electron chi connectivity index (χ0n) is 18.5. The molecule has 0 radical (unpaired) electrons. The summed E-state index contributed by atoms with van der Waals surface area (Å²) >= 11 is 6.17. The van der Waals surface area contributed by atoms with E-state index in [4.69, 9.17) is 16.0 Å². The number of furan rings is 1. The molecule has 7 nitrogen and oxygen atoms in total. The van der Waals surface area contributed by atoms with Gasteiger partial charge in [0.05, 0.1) is 29.3 Å². The Bertz CT molecular complexity index is 1320. The summed E-state index contributed by atoms with van der Waals surface area (Å²) < 4.78 is 5.09. The number of hydrogen-bond donors (Lipinski definition) is 3. The molecule has 3 amide bonds. The normalized spacial score (nSPS) is 11.3. The minimum atomic E-state index is -0.582. The molecule has 0 aliphatic carbocycles. The molecule has 0 bridgehead atoms. The lowest BCUT2D eigenvalue weighted by Gasteiger charge is -2.19. The maximum Gasteiger partial charge on any atom is 0.291 e. The molecule has 8 heteroatoms. The van der Waals surface area contributed by atoms with E-state index in [-0.39, 0.29) is 24.0 Å². The molecule has 0 saturated carbocycles. The first kappa shape index (κ1) is 23.8. The number of benzene rings is 3. The molecule has 1 unspecified atom stereocenters. The zero-order valence-corrected chi connectivity index (χ0v) is 19.3. The topological polar surface area (TPSA) is 100 Å². The lowest BCUT2D eigenvalue weighted by Crippen LogP contribution is -2.31. The molecular formula is C27H22ClN3O4. The lowest BCUT2D eigenvalue weighted by atomic mass is 10.0. The Morgan fingerprint density at radius 3 is 2.20 bits per heavy atom. The van der Waals surface area contributed by atoms with Gasteiger partial charge in [-0.2, -0.15) is 0 Å². The summed E-state index contributed by atoms with van der Waals surface area (Å²) in [4.78, 5) is 38.0. The van der Waals surface area contributed by atoms with Crippen molar-refractivity contribution in [1.29, 1.82) is 0 Å². The van der Waals surface area contributed by atoms with Crippen LogP contribution >= 0.6 is 11.6 Å². The molecule has 1 heterocycles. The quantitative estimate of drug-likeness (QED) is 0.297. The second kappa shape index (κ2) is 11.2. The van der Waals surface area contributed by atoms with Gasteiger partial charge < -0.3 is 20.4 Å². The number of rotatable bonds is 8. The smallest absolute Gasteiger partial charge is 0.291 e. The number of carbonyl (C=O) groups is 3. The third-order valence-electron chi connectivity index (χ3n) is 5.16. The summed E-state index contributed by atoms with van der Waals surface area (Å²) in [7, 11) is 0. The number of amides is 3. The van der Waals surface area contributed by atoms with Crippen molar-refractivity contribution in [2.45, 2.75) is 12.5 Å². The number of carbonyl (C=O) groups excluding carboxylic acids is 3. The van der Waals surface area contributed by atoms with Gasteiger partial charge in [0.1, 0.15) is 0 Å². The van der Waals surface area contributed by atoms with E-state index < -0.39 is 11.9 Å². The van der Waals surface area contributed by atoms with E-state index in [1.165, 1.54) is 6.26 Å². The van der Waals surface area contributed by atoms with Crippen LogP contribution in [0.5, 0.6) is 0 Å². The van der Waals surface area contributed by atoms with Crippen LogP contribution in [0.25, 0.3) is 0 Å². The third kappa shape index (κ3) is 6.37. The van der Waals surface area contributed by atoms with Gasteiger partial charge in [-0.25, -0.2) is 0 Å². The lowest BCUT2D eigenvalue weighted by molar-refractivity contribution is -0.116. The molecule has 0 spiro atoms. The summed E-state index contributed by atoms with van der Waals surface area (Å²) in [5.74, 6) is -0.906. The van der Waals surface area contributed by atoms with Gasteiger partial charge in [0.2, 0.25) is 5.91 Å². The van der Waals surface area contributed by atoms with Crippen molar-refractivity contribution in [3.8, 4) is 0 Å². The zero-order chi connectivity index (χ0) is 24.6. The summed E-state index contributed by atoms with van der Waals surface area (Å²) in [6.45, 7) is 0. The molecule has 1 atom stereocenters. The van der Waals surface area contributed by atoms with Crippen LogP contribution in [-0.4, -0.2) is 17.7 Å².